The summed E-state index contributed by atoms with van der Waals surface area (Å²) < 4.78 is 7.18. The normalized spacial score (nSPS) is 11.2. The van der Waals surface area contributed by atoms with Crippen LogP contribution in [0.1, 0.15) is 0 Å². The molecule has 0 radical (unpaired) electrons. The number of aromatic nitrogens is 1. The van der Waals surface area contributed by atoms with Crippen LogP contribution < -0.4 is 4.74 Å². The zero-order chi connectivity index (χ0) is 14.0. The zero-order valence-corrected chi connectivity index (χ0v) is 14.6. The lowest BCUT2D eigenvalue weighted by atomic mass is 10.2. The number of hydrogen-bond donors (Lipinski definition) is 0. The molecule has 0 spiro atoms. The first kappa shape index (κ1) is 14.5. The van der Waals surface area contributed by atoms with Gasteiger partial charge in [-0.2, -0.15) is 0 Å². The van der Waals surface area contributed by atoms with Crippen LogP contribution in [0.4, 0.5) is 5.69 Å². The quantitative estimate of drug-likeness (QED) is 0.419. The third-order valence-corrected chi connectivity index (χ3v) is 3.88. The van der Waals surface area contributed by atoms with E-state index in [4.69, 9.17) is 4.74 Å². The molecule has 100 valence electrons. The Kier molecular flexibility index (Phi) is 4.62. The summed E-state index contributed by atoms with van der Waals surface area (Å²) in [7, 11) is 5.50. The first-order valence-electron chi connectivity index (χ1n) is 5.56. The highest BCUT2D eigenvalue weighted by Crippen LogP contribution is 2.36. The van der Waals surface area contributed by atoms with Crippen molar-refractivity contribution in [1.29, 1.82) is 0 Å². The second-order valence-corrected chi connectivity index (χ2v) is 6.16. The van der Waals surface area contributed by atoms with Gasteiger partial charge in [0, 0.05) is 33.6 Å². The number of fused-ring (bicyclic) bond motifs is 1. The highest BCUT2D eigenvalue weighted by atomic mass is 127. The average Bonchev–Trinajstić information content (AvgIpc) is 2.37. The molecule has 2 rings (SSSR count). The summed E-state index contributed by atoms with van der Waals surface area (Å²) in [4.78, 5) is 10.9. The number of aliphatic imine (C=N–C) groups is 1. The van der Waals surface area contributed by atoms with Crippen LogP contribution in [-0.2, 0) is 0 Å². The van der Waals surface area contributed by atoms with Gasteiger partial charge in [-0.3, -0.25) is 0 Å². The van der Waals surface area contributed by atoms with Crippen molar-refractivity contribution < 1.29 is 4.74 Å². The third kappa shape index (κ3) is 3.17. The van der Waals surface area contributed by atoms with E-state index in [9.17, 15) is 0 Å². The molecule has 0 bridgehead atoms. The highest BCUT2D eigenvalue weighted by molar-refractivity contribution is 14.1. The number of halogens is 2. The van der Waals surface area contributed by atoms with Gasteiger partial charge in [0.2, 0.25) is 5.88 Å². The number of nitrogens with zero attached hydrogens (tertiary/aromatic N) is 3. The van der Waals surface area contributed by atoms with Gasteiger partial charge in [-0.15, -0.1) is 0 Å². The standard InChI is InChI=1S/C13H13BrIN3O/c1-18(2)7-16-13-8-4-5-11(19-3)17-12(8)9(14)6-10(13)15/h4-7H,1-3H3/b16-7+. The second kappa shape index (κ2) is 6.04. The van der Waals surface area contributed by atoms with Crippen LogP contribution in [0.15, 0.2) is 27.7 Å². The first-order valence-corrected chi connectivity index (χ1v) is 7.43. The van der Waals surface area contributed by atoms with Crippen LogP contribution in [0.5, 0.6) is 5.88 Å². The van der Waals surface area contributed by atoms with E-state index in [1.54, 1.807) is 13.4 Å². The Bertz CT molecular complexity index is 643. The summed E-state index contributed by atoms with van der Waals surface area (Å²) in [5.41, 5.74) is 1.77. The average molecular weight is 434 g/mol. The molecule has 0 saturated carbocycles. The molecule has 0 amide bonds. The van der Waals surface area contributed by atoms with E-state index in [-0.39, 0.29) is 0 Å². The van der Waals surface area contributed by atoms with Crippen molar-refractivity contribution in [3.63, 3.8) is 0 Å². The minimum atomic E-state index is 0.594. The Labute approximate surface area is 134 Å². The Morgan fingerprint density at radius 1 is 1.42 bits per heavy atom. The molecule has 19 heavy (non-hydrogen) atoms. The monoisotopic (exact) mass is 433 g/mol. The molecule has 0 aliphatic carbocycles. The van der Waals surface area contributed by atoms with Crippen molar-refractivity contribution in [3.05, 3.63) is 26.2 Å². The van der Waals surface area contributed by atoms with Gasteiger partial charge >= 0.3 is 0 Å². The molecule has 2 aromatic rings. The predicted octanol–water partition coefficient (Wildman–Crippen LogP) is 3.83. The molecule has 0 aliphatic heterocycles. The van der Waals surface area contributed by atoms with Crippen LogP contribution in [-0.4, -0.2) is 37.4 Å². The SMILES string of the molecule is COc1ccc2c(/N=C/N(C)C)c(I)cc(Br)c2n1. The maximum Gasteiger partial charge on any atom is 0.213 e. The summed E-state index contributed by atoms with van der Waals surface area (Å²) in [6, 6.07) is 5.84. The number of rotatable bonds is 3. The number of pyridine rings is 1. The van der Waals surface area contributed by atoms with Crippen LogP contribution in [0, 0.1) is 3.57 Å². The Balaban J connectivity index is 2.69. The predicted molar refractivity (Wildman–Crippen MR) is 90.6 cm³/mol. The number of ether oxygens (including phenoxy) is 1. The summed E-state index contributed by atoms with van der Waals surface area (Å²) in [6.45, 7) is 0. The molecule has 0 atom stereocenters. The Morgan fingerprint density at radius 3 is 2.79 bits per heavy atom. The van der Waals surface area contributed by atoms with Gasteiger partial charge in [0.15, 0.2) is 0 Å². The van der Waals surface area contributed by atoms with Gasteiger partial charge in [-0.25, -0.2) is 9.98 Å². The molecule has 1 aromatic carbocycles. The fourth-order valence-electron chi connectivity index (χ4n) is 1.61. The fraction of sp³-hybridized carbons (Fsp3) is 0.231. The second-order valence-electron chi connectivity index (χ2n) is 4.15. The molecular weight excluding hydrogens is 421 g/mol. The van der Waals surface area contributed by atoms with Crippen molar-refractivity contribution in [2.45, 2.75) is 0 Å². The lowest BCUT2D eigenvalue weighted by Crippen LogP contribution is -2.07. The molecule has 0 saturated heterocycles. The Hall–Kier alpha value is -0.890. The van der Waals surface area contributed by atoms with Gasteiger partial charge in [-0.1, -0.05) is 0 Å². The molecule has 1 aromatic heterocycles. The van der Waals surface area contributed by atoms with E-state index in [2.05, 4.69) is 48.5 Å². The van der Waals surface area contributed by atoms with Gasteiger partial charge in [-0.05, 0) is 50.7 Å². The van der Waals surface area contributed by atoms with E-state index in [0.717, 1.165) is 24.6 Å². The Morgan fingerprint density at radius 2 is 2.16 bits per heavy atom. The van der Waals surface area contributed by atoms with E-state index in [1.807, 2.05) is 37.2 Å². The van der Waals surface area contributed by atoms with Gasteiger partial charge in [0.25, 0.3) is 0 Å². The molecule has 0 N–H and O–H groups in total. The van der Waals surface area contributed by atoms with Crippen LogP contribution >= 0.6 is 38.5 Å². The van der Waals surface area contributed by atoms with Crippen molar-refractivity contribution in [3.8, 4) is 5.88 Å². The maximum absolute atomic E-state index is 5.17. The molecule has 4 nitrogen and oxygen atoms in total. The molecule has 0 aliphatic rings. The topological polar surface area (TPSA) is 37.7 Å². The third-order valence-electron chi connectivity index (χ3n) is 2.46. The molecule has 1 heterocycles. The van der Waals surface area contributed by atoms with Crippen molar-refractivity contribution in [2.24, 2.45) is 4.99 Å². The van der Waals surface area contributed by atoms with Crippen LogP contribution in [0.2, 0.25) is 0 Å². The molecule has 0 unspecified atom stereocenters. The van der Waals surface area contributed by atoms with E-state index in [1.165, 1.54) is 0 Å². The number of methoxy groups -OCH3 is 1. The summed E-state index contributed by atoms with van der Waals surface area (Å²) in [5, 5.41) is 0.998. The van der Waals surface area contributed by atoms with Crippen molar-refractivity contribution in [1.82, 2.24) is 9.88 Å². The maximum atomic E-state index is 5.17. The summed E-state index contributed by atoms with van der Waals surface area (Å²) >= 11 is 5.82. The minimum Gasteiger partial charge on any atom is -0.481 e. The molecule has 0 fully saturated rings. The molecular formula is C13H13BrIN3O. The smallest absolute Gasteiger partial charge is 0.213 e. The van der Waals surface area contributed by atoms with Crippen LogP contribution in [0.25, 0.3) is 10.9 Å². The van der Waals surface area contributed by atoms with Gasteiger partial charge < -0.3 is 9.64 Å². The lowest BCUT2D eigenvalue weighted by molar-refractivity contribution is 0.399. The van der Waals surface area contributed by atoms with E-state index >= 15 is 0 Å². The van der Waals surface area contributed by atoms with Gasteiger partial charge in [0.05, 0.1) is 24.7 Å². The zero-order valence-electron chi connectivity index (χ0n) is 10.8. The number of benzene rings is 1. The lowest BCUT2D eigenvalue weighted by Gasteiger charge is -2.09. The van der Waals surface area contributed by atoms with Crippen molar-refractivity contribution in [2.75, 3.05) is 21.2 Å². The van der Waals surface area contributed by atoms with Gasteiger partial charge in [0.1, 0.15) is 0 Å². The van der Waals surface area contributed by atoms with E-state index in [0.29, 0.717) is 5.88 Å². The first-order chi connectivity index (χ1) is 9.02. The fourth-order valence-corrected chi connectivity index (χ4v) is 3.31. The molecule has 6 heteroatoms. The summed E-state index contributed by atoms with van der Waals surface area (Å²) in [6.07, 6.45) is 1.79. The van der Waals surface area contributed by atoms with E-state index < -0.39 is 0 Å². The highest BCUT2D eigenvalue weighted by Gasteiger charge is 2.11. The minimum absolute atomic E-state index is 0.594. The largest absolute Gasteiger partial charge is 0.481 e. The van der Waals surface area contributed by atoms with Crippen LogP contribution in [0.3, 0.4) is 0 Å². The van der Waals surface area contributed by atoms with Crippen molar-refractivity contribution >= 4 is 61.4 Å². The number of hydrogen-bond acceptors (Lipinski definition) is 3. The summed E-state index contributed by atoms with van der Waals surface area (Å²) in [5.74, 6) is 0.594.